The number of benzene rings is 3. The zero-order chi connectivity index (χ0) is 26.9. The number of nitrogens with zero attached hydrogens (tertiary/aromatic N) is 1. The third-order valence-electron chi connectivity index (χ3n) is 6.33. The van der Waals surface area contributed by atoms with E-state index < -0.39 is 29.5 Å². The van der Waals surface area contributed by atoms with Crippen molar-refractivity contribution >= 4 is 29.1 Å². The van der Waals surface area contributed by atoms with Gasteiger partial charge in [-0.3, -0.25) is 19.3 Å². The topological polar surface area (TPSA) is 102 Å². The van der Waals surface area contributed by atoms with Gasteiger partial charge in [0.2, 0.25) is 0 Å². The molecule has 0 aromatic heterocycles. The molecular weight excluding hydrogens is 474 g/mol. The molecule has 1 heterocycles. The molecule has 1 N–H and O–H groups in total. The highest BCUT2D eigenvalue weighted by atomic mass is 16.5. The summed E-state index contributed by atoms with van der Waals surface area (Å²) < 4.78 is 15.8. The minimum atomic E-state index is -0.954. The first-order valence-electron chi connectivity index (χ1n) is 11.5. The van der Waals surface area contributed by atoms with Crippen molar-refractivity contribution < 1.29 is 33.7 Å². The van der Waals surface area contributed by atoms with Crippen LogP contribution in [0.3, 0.4) is 0 Å². The average molecular weight is 502 g/mol. The zero-order valence-corrected chi connectivity index (χ0v) is 21.2. The molecule has 1 unspecified atom stereocenters. The fraction of sp³-hybridized carbons (Fsp3) is 0.207. The van der Waals surface area contributed by atoms with E-state index in [0.717, 1.165) is 11.1 Å². The lowest BCUT2D eigenvalue weighted by Crippen LogP contribution is -2.29. The van der Waals surface area contributed by atoms with Gasteiger partial charge in [-0.15, -0.1) is 0 Å². The molecular formula is C29H27NO7. The summed E-state index contributed by atoms with van der Waals surface area (Å²) in [6.45, 7) is 5.16. The van der Waals surface area contributed by atoms with Crippen molar-refractivity contribution in [2.24, 2.45) is 0 Å². The molecule has 3 aromatic carbocycles. The van der Waals surface area contributed by atoms with Crippen LogP contribution in [0, 0.1) is 13.8 Å². The van der Waals surface area contributed by atoms with Crippen LogP contribution in [0.25, 0.3) is 5.76 Å². The van der Waals surface area contributed by atoms with Crippen molar-refractivity contribution in [1.29, 1.82) is 0 Å². The minimum Gasteiger partial charge on any atom is -0.507 e. The number of hydrogen-bond donors (Lipinski definition) is 1. The number of esters is 1. The average Bonchev–Trinajstić information content (AvgIpc) is 3.15. The molecule has 0 saturated carbocycles. The number of ketones is 1. The molecule has 1 saturated heterocycles. The Morgan fingerprint density at radius 2 is 1.54 bits per heavy atom. The first kappa shape index (κ1) is 25.5. The van der Waals surface area contributed by atoms with Crippen molar-refractivity contribution in [3.63, 3.8) is 0 Å². The molecule has 4 rings (SSSR count). The highest BCUT2D eigenvalue weighted by molar-refractivity contribution is 6.51. The number of aliphatic hydroxyl groups excluding tert-OH is 1. The van der Waals surface area contributed by atoms with E-state index in [9.17, 15) is 19.5 Å². The van der Waals surface area contributed by atoms with Crippen LogP contribution in [-0.4, -0.2) is 37.0 Å². The number of anilines is 1. The number of methoxy groups -OCH3 is 2. The van der Waals surface area contributed by atoms with Crippen LogP contribution in [0.2, 0.25) is 0 Å². The molecule has 1 amide bonds. The fourth-order valence-electron chi connectivity index (χ4n) is 4.32. The Balaban J connectivity index is 1.96. The third-order valence-corrected chi connectivity index (χ3v) is 6.33. The summed E-state index contributed by atoms with van der Waals surface area (Å²) >= 11 is 0. The second kappa shape index (κ2) is 10.2. The van der Waals surface area contributed by atoms with Gasteiger partial charge in [-0.05, 0) is 73.0 Å². The quantitative estimate of drug-likeness (QED) is 0.169. The van der Waals surface area contributed by atoms with E-state index in [1.54, 1.807) is 48.5 Å². The van der Waals surface area contributed by atoms with E-state index in [2.05, 4.69) is 0 Å². The molecule has 37 heavy (non-hydrogen) atoms. The van der Waals surface area contributed by atoms with Crippen LogP contribution >= 0.6 is 0 Å². The molecule has 0 spiro atoms. The highest BCUT2D eigenvalue weighted by Gasteiger charge is 2.47. The lowest BCUT2D eigenvalue weighted by atomic mass is 9.94. The molecule has 3 aromatic rings. The number of carbonyl (C=O) groups excluding carboxylic acids is 3. The second-order valence-corrected chi connectivity index (χ2v) is 8.67. The van der Waals surface area contributed by atoms with E-state index in [0.29, 0.717) is 28.5 Å². The van der Waals surface area contributed by atoms with Gasteiger partial charge in [0.25, 0.3) is 11.7 Å². The van der Waals surface area contributed by atoms with Gasteiger partial charge in [0.1, 0.15) is 23.0 Å². The molecule has 0 bridgehead atoms. The molecule has 190 valence electrons. The Morgan fingerprint density at radius 3 is 2.14 bits per heavy atom. The molecule has 1 aliphatic heterocycles. The normalized spacial score (nSPS) is 16.6. The van der Waals surface area contributed by atoms with Gasteiger partial charge >= 0.3 is 5.97 Å². The number of Topliss-reactive ketones (excluding diaryl/α,β-unsaturated/α-hetero) is 1. The number of hydrogen-bond acceptors (Lipinski definition) is 7. The van der Waals surface area contributed by atoms with Gasteiger partial charge in [-0.2, -0.15) is 0 Å². The van der Waals surface area contributed by atoms with E-state index in [4.69, 9.17) is 14.2 Å². The zero-order valence-electron chi connectivity index (χ0n) is 21.2. The number of rotatable bonds is 6. The van der Waals surface area contributed by atoms with Gasteiger partial charge in [0.15, 0.2) is 0 Å². The smallest absolute Gasteiger partial charge is 0.308 e. The predicted octanol–water partition coefficient (Wildman–Crippen LogP) is 4.87. The van der Waals surface area contributed by atoms with Crippen molar-refractivity contribution in [2.75, 3.05) is 19.1 Å². The van der Waals surface area contributed by atoms with E-state index in [1.807, 2.05) is 26.0 Å². The van der Waals surface area contributed by atoms with E-state index in [1.165, 1.54) is 26.0 Å². The molecule has 8 nitrogen and oxygen atoms in total. The van der Waals surface area contributed by atoms with Crippen molar-refractivity contribution in [3.8, 4) is 17.2 Å². The van der Waals surface area contributed by atoms with Crippen molar-refractivity contribution in [2.45, 2.75) is 26.8 Å². The Kier molecular flexibility index (Phi) is 7.02. The maximum Gasteiger partial charge on any atom is 0.308 e. The van der Waals surface area contributed by atoms with Gasteiger partial charge in [0, 0.05) is 12.6 Å². The summed E-state index contributed by atoms with van der Waals surface area (Å²) in [5, 5.41) is 11.5. The Labute approximate surface area is 214 Å². The fourth-order valence-corrected chi connectivity index (χ4v) is 4.32. The molecule has 0 aliphatic carbocycles. The maximum atomic E-state index is 13.5. The van der Waals surface area contributed by atoms with Crippen molar-refractivity contribution in [1.82, 2.24) is 0 Å². The molecule has 0 radical (unpaired) electrons. The predicted molar refractivity (Wildman–Crippen MR) is 138 cm³/mol. The van der Waals surface area contributed by atoms with E-state index >= 15 is 0 Å². The van der Waals surface area contributed by atoms with Crippen LogP contribution in [0.1, 0.15) is 35.2 Å². The van der Waals surface area contributed by atoms with Gasteiger partial charge in [-0.1, -0.05) is 18.2 Å². The number of aliphatic hydroxyl groups is 1. The van der Waals surface area contributed by atoms with Crippen LogP contribution < -0.4 is 19.1 Å². The SMILES string of the molecule is COc1ccc(OC)c(/C(O)=C2\C(=O)C(=O)N(c3ccc(C)c(C)c3)C2c2ccc(OC(C)=O)cc2)c1. The standard InChI is InChI=1S/C29H27NO7/c1-16-6-9-20(14-17(16)2)30-26(19-7-10-21(11-8-19)37-18(3)31)25(28(33)29(30)34)27(32)23-15-22(35-4)12-13-24(23)36-5/h6-15,26,32H,1-5H3/b27-25+. The summed E-state index contributed by atoms with van der Waals surface area (Å²) in [5.74, 6) is -1.43. The van der Waals surface area contributed by atoms with Crippen LogP contribution in [0.15, 0.2) is 66.2 Å². The lowest BCUT2D eigenvalue weighted by molar-refractivity contribution is -0.132. The van der Waals surface area contributed by atoms with Gasteiger partial charge in [0.05, 0.1) is 31.4 Å². The molecule has 1 fully saturated rings. The first-order valence-corrected chi connectivity index (χ1v) is 11.5. The number of aryl methyl sites for hydroxylation is 2. The molecule has 1 atom stereocenters. The van der Waals surface area contributed by atoms with Crippen LogP contribution in [0.4, 0.5) is 5.69 Å². The summed E-state index contributed by atoms with van der Waals surface area (Å²) in [4.78, 5) is 39.6. The second-order valence-electron chi connectivity index (χ2n) is 8.67. The lowest BCUT2D eigenvalue weighted by Gasteiger charge is -2.26. The van der Waals surface area contributed by atoms with Crippen LogP contribution in [-0.2, 0) is 14.4 Å². The first-order chi connectivity index (χ1) is 17.7. The monoisotopic (exact) mass is 501 g/mol. The summed E-state index contributed by atoms with van der Waals surface area (Å²) in [5.41, 5.74) is 3.13. The molecule has 8 heteroatoms. The summed E-state index contributed by atoms with van der Waals surface area (Å²) in [7, 11) is 2.92. The van der Waals surface area contributed by atoms with Crippen LogP contribution in [0.5, 0.6) is 17.2 Å². The number of ether oxygens (including phenoxy) is 3. The highest BCUT2D eigenvalue weighted by Crippen LogP contribution is 2.44. The van der Waals surface area contributed by atoms with Gasteiger partial charge in [-0.25, -0.2) is 0 Å². The van der Waals surface area contributed by atoms with Gasteiger partial charge < -0.3 is 19.3 Å². The maximum absolute atomic E-state index is 13.5. The summed E-state index contributed by atoms with van der Waals surface area (Å²) in [6.07, 6.45) is 0. The third kappa shape index (κ3) is 4.78. The number of carbonyl (C=O) groups is 3. The van der Waals surface area contributed by atoms with E-state index in [-0.39, 0.29) is 11.1 Å². The minimum absolute atomic E-state index is 0.102. The summed E-state index contributed by atoms with van der Waals surface area (Å²) in [6, 6.07) is 15.8. The largest absolute Gasteiger partial charge is 0.507 e. The van der Waals surface area contributed by atoms with Crippen molar-refractivity contribution in [3.05, 3.63) is 88.5 Å². The Hall–Kier alpha value is -4.59. The molecule has 1 aliphatic rings. The Morgan fingerprint density at radius 1 is 0.865 bits per heavy atom. The Bertz CT molecular complexity index is 1420. The number of amides is 1.